The molecule has 0 spiro atoms. The lowest BCUT2D eigenvalue weighted by Gasteiger charge is -2.31. The van der Waals surface area contributed by atoms with Crippen molar-refractivity contribution >= 4 is 51.5 Å². The molecule has 8 aromatic rings. The van der Waals surface area contributed by atoms with E-state index in [4.69, 9.17) is 35.8 Å². The van der Waals surface area contributed by atoms with Crippen LogP contribution in [0.15, 0.2) is 91.4 Å². The molecule has 17 nitrogen and oxygen atoms in total. The third kappa shape index (κ3) is 11.0. The number of fused-ring (bicyclic) bond motifs is 4. The van der Waals surface area contributed by atoms with Crippen molar-refractivity contribution in [1.29, 1.82) is 0 Å². The maximum atomic E-state index is 16.0. The standard InChI is InChI=1S/C48H55FN10O4.C14H13ClN2O/c1-26(2)44(47(60)57-15-5-6-27(57)3)59-24-40(55-56-59)31-9-7-29(8-10-31)25-62-45-42(41-28(4)38(49)20-39-37(41)22-51-54-39)35(30-11-12-30)19-36-43(45)52-48(63-34-13-16-61-17-14-34)53-46(36)58-23-32-18-33(58)21-50-32;1-10(17-9-18)11-4-6-12(7-5-11)14-13(15)3-2-8-16-14/h7-10,19-20,22,24,26-27,30,32-34,44,50H,5-6,11-18,21,23,25H2,1-4H3,(H,51,54);2-10H,1H3,(H,17,18). The fourth-order valence-corrected chi connectivity index (χ4v) is 12.4. The molecule has 5 unspecified atom stereocenters. The number of pyridine rings is 1. The molecule has 81 heavy (non-hydrogen) atoms. The Bertz CT molecular complexity index is 3580. The number of carbonyl (C=O) groups excluding carboxylic acids is 2. The van der Waals surface area contributed by atoms with E-state index in [1.54, 1.807) is 23.1 Å². The van der Waals surface area contributed by atoms with Crippen LogP contribution >= 0.6 is 11.6 Å². The van der Waals surface area contributed by atoms with Gasteiger partial charge in [-0.05, 0) is 111 Å². The molecule has 2 amide bonds. The number of amides is 2. The van der Waals surface area contributed by atoms with E-state index < -0.39 is 6.04 Å². The van der Waals surface area contributed by atoms with Gasteiger partial charge in [0.15, 0.2) is 5.75 Å². The fourth-order valence-electron chi connectivity index (χ4n) is 12.2. The van der Waals surface area contributed by atoms with Crippen molar-refractivity contribution in [2.75, 3.05) is 37.7 Å². The zero-order valence-electron chi connectivity index (χ0n) is 46.4. The lowest BCUT2D eigenvalue weighted by Crippen LogP contribution is -2.44. The van der Waals surface area contributed by atoms with E-state index in [0.29, 0.717) is 70.8 Å². The first-order valence-electron chi connectivity index (χ1n) is 28.5. The fraction of sp³-hybridized carbons (Fsp3) is 0.419. The van der Waals surface area contributed by atoms with Gasteiger partial charge in [0.1, 0.15) is 41.6 Å². The minimum atomic E-state index is -0.427. The van der Waals surface area contributed by atoms with Crippen LogP contribution in [0.4, 0.5) is 10.2 Å². The van der Waals surface area contributed by atoms with Gasteiger partial charge in [0.2, 0.25) is 12.3 Å². The number of anilines is 1. The second kappa shape index (κ2) is 23.1. The number of likely N-dealkylation sites (tertiary alicyclic amines) is 1. The predicted octanol–water partition coefficient (Wildman–Crippen LogP) is 10.9. The van der Waals surface area contributed by atoms with Crippen LogP contribution in [-0.2, 0) is 20.9 Å². The van der Waals surface area contributed by atoms with Gasteiger partial charge < -0.3 is 34.6 Å². The summed E-state index contributed by atoms with van der Waals surface area (Å²) in [5.74, 6) is 1.54. The van der Waals surface area contributed by atoms with E-state index in [0.717, 1.165) is 126 Å². The van der Waals surface area contributed by atoms with Crippen LogP contribution < -0.4 is 25.0 Å². The smallest absolute Gasteiger partial charge is 0.319 e. The minimum Gasteiger partial charge on any atom is -0.486 e. The first-order chi connectivity index (χ1) is 39.4. The highest BCUT2D eigenvalue weighted by Crippen LogP contribution is 2.53. The van der Waals surface area contributed by atoms with Crippen molar-refractivity contribution in [2.24, 2.45) is 5.92 Å². The molecule has 19 heteroatoms. The van der Waals surface area contributed by atoms with Crippen molar-refractivity contribution in [3.8, 4) is 45.4 Å². The van der Waals surface area contributed by atoms with E-state index in [1.807, 2.05) is 79.5 Å². The number of nitrogens with one attached hydrogen (secondary N) is 3. The number of benzene rings is 4. The molecular weight excluding hydrogens is 1050 g/mol. The molecule has 1 saturated carbocycles. The Labute approximate surface area is 475 Å². The number of halogens is 2. The van der Waals surface area contributed by atoms with Crippen molar-refractivity contribution in [3.05, 3.63) is 124 Å². The Morgan fingerprint density at radius 3 is 2.46 bits per heavy atom. The average molecular weight is 1120 g/mol. The topological polar surface area (TPSA) is 190 Å². The normalized spacial score (nSPS) is 19.7. The van der Waals surface area contributed by atoms with Crippen LogP contribution in [-0.4, -0.2) is 114 Å². The summed E-state index contributed by atoms with van der Waals surface area (Å²) in [6, 6.07) is 24.1. The van der Waals surface area contributed by atoms with Crippen molar-refractivity contribution < 1.29 is 28.2 Å². The molecule has 2 bridgehead atoms. The second-order valence-corrected chi connectivity index (χ2v) is 23.1. The zero-order valence-corrected chi connectivity index (χ0v) is 47.1. The number of aromatic nitrogens is 8. The van der Waals surface area contributed by atoms with Crippen LogP contribution in [0.2, 0.25) is 5.02 Å². The number of nitrogens with zero attached hydrogens (tertiary/aromatic N) is 9. The Morgan fingerprint density at radius 1 is 0.975 bits per heavy atom. The van der Waals surface area contributed by atoms with Gasteiger partial charge >= 0.3 is 6.01 Å². The molecule has 13 rings (SSSR count). The Hall–Kier alpha value is -7.54. The number of hydrogen-bond donors (Lipinski definition) is 3. The van der Waals surface area contributed by atoms with Gasteiger partial charge in [-0.25, -0.2) is 9.07 Å². The van der Waals surface area contributed by atoms with Crippen molar-refractivity contribution in [2.45, 2.75) is 128 Å². The summed E-state index contributed by atoms with van der Waals surface area (Å²) in [6.07, 6.45) is 12.7. The molecule has 1 aliphatic carbocycles. The summed E-state index contributed by atoms with van der Waals surface area (Å²) < 4.78 is 37.1. The van der Waals surface area contributed by atoms with Crippen molar-refractivity contribution in [1.82, 2.24) is 55.7 Å². The summed E-state index contributed by atoms with van der Waals surface area (Å²) in [7, 11) is 0. The van der Waals surface area contributed by atoms with Gasteiger partial charge in [-0.15, -0.1) is 5.10 Å². The summed E-state index contributed by atoms with van der Waals surface area (Å²) in [5, 5.41) is 25.1. The first kappa shape index (κ1) is 54.1. The molecule has 8 heterocycles. The van der Waals surface area contributed by atoms with E-state index in [1.165, 1.54) is 6.07 Å². The molecule has 3 N–H and O–H groups in total. The summed E-state index contributed by atoms with van der Waals surface area (Å²) in [4.78, 5) is 43.2. The van der Waals surface area contributed by atoms with Crippen LogP contribution in [0.1, 0.15) is 113 Å². The zero-order chi connectivity index (χ0) is 55.9. The molecule has 420 valence electrons. The van der Waals surface area contributed by atoms with Gasteiger partial charge in [0.05, 0.1) is 47.9 Å². The molecule has 4 aromatic carbocycles. The Morgan fingerprint density at radius 2 is 1.77 bits per heavy atom. The van der Waals surface area contributed by atoms with Crippen LogP contribution in [0.3, 0.4) is 0 Å². The monoisotopic (exact) mass is 1110 g/mol. The molecule has 0 radical (unpaired) electrons. The van der Waals surface area contributed by atoms with Gasteiger partial charge in [0, 0.05) is 89.8 Å². The Kier molecular flexibility index (Phi) is 15.4. The molecule has 5 atom stereocenters. The Balaban J connectivity index is 0.000000308. The molecule has 4 aromatic heterocycles. The van der Waals surface area contributed by atoms with Crippen molar-refractivity contribution in [3.63, 3.8) is 0 Å². The molecular formula is C62H68ClFN12O5. The second-order valence-electron chi connectivity index (χ2n) is 22.7. The average Bonchev–Trinajstić information content (AvgIpc) is 4.22. The maximum Gasteiger partial charge on any atom is 0.319 e. The van der Waals surface area contributed by atoms with Crippen LogP contribution in [0.25, 0.3) is 55.4 Å². The van der Waals surface area contributed by atoms with E-state index in [9.17, 15) is 9.59 Å². The molecule has 4 aliphatic heterocycles. The van der Waals surface area contributed by atoms with E-state index >= 15 is 4.39 Å². The highest BCUT2D eigenvalue weighted by atomic mass is 35.5. The lowest BCUT2D eigenvalue weighted by atomic mass is 9.88. The van der Waals surface area contributed by atoms with Gasteiger partial charge in [-0.1, -0.05) is 79.2 Å². The van der Waals surface area contributed by atoms with Crippen LogP contribution in [0.5, 0.6) is 11.8 Å². The lowest BCUT2D eigenvalue weighted by molar-refractivity contribution is -0.137. The number of ether oxygens (including phenoxy) is 3. The highest BCUT2D eigenvalue weighted by Gasteiger charge is 2.41. The SMILES string of the molecule is CC(NC=O)c1ccc(-c2ncccc2Cl)cc1.Cc1c(F)cc2[nH]ncc2c1-c1c(C2CC2)cc2c(N3CC4CC3CN4)nc(OC3CCOCC3)nc2c1OCc1ccc(-c2cn(C(C(=O)N3CCCC3C)C(C)C)nn2)cc1. The molecule has 5 aliphatic rings. The van der Waals surface area contributed by atoms with Crippen LogP contribution in [0, 0.1) is 18.7 Å². The molecule has 5 fully saturated rings. The van der Waals surface area contributed by atoms with Gasteiger partial charge in [-0.2, -0.15) is 15.1 Å². The maximum absolute atomic E-state index is 16.0. The van der Waals surface area contributed by atoms with Gasteiger partial charge in [-0.3, -0.25) is 19.7 Å². The van der Waals surface area contributed by atoms with Gasteiger partial charge in [0.25, 0.3) is 0 Å². The summed E-state index contributed by atoms with van der Waals surface area (Å²) in [5.41, 5.74) is 9.76. The number of hydrogen-bond acceptors (Lipinski definition) is 13. The number of carbonyl (C=O) groups is 2. The predicted molar refractivity (Wildman–Crippen MR) is 310 cm³/mol. The quantitative estimate of drug-likeness (QED) is 0.0776. The number of piperazine rings is 1. The summed E-state index contributed by atoms with van der Waals surface area (Å²) in [6.45, 7) is 14.0. The number of rotatable bonds is 16. The van der Waals surface area contributed by atoms with E-state index in [2.05, 4.69) is 67.9 Å². The molecule has 4 saturated heterocycles. The number of H-pyrrole nitrogens is 1. The third-order valence-corrected chi connectivity index (χ3v) is 17.1. The summed E-state index contributed by atoms with van der Waals surface area (Å²) >= 11 is 6.09. The largest absolute Gasteiger partial charge is 0.486 e. The first-order valence-corrected chi connectivity index (χ1v) is 28.9. The highest BCUT2D eigenvalue weighted by molar-refractivity contribution is 6.33. The van der Waals surface area contributed by atoms with E-state index in [-0.39, 0.29) is 48.4 Å². The minimum absolute atomic E-state index is 0.00393. The third-order valence-electron chi connectivity index (χ3n) is 16.8. The number of aromatic amines is 1.